The summed E-state index contributed by atoms with van der Waals surface area (Å²) in [6.07, 6.45) is 4.80. The molecule has 0 aliphatic carbocycles. The van der Waals surface area contributed by atoms with Crippen LogP contribution in [0.15, 0.2) is 24.8 Å². The Labute approximate surface area is 108 Å². The SMILES string of the molecule is [C-]#[N+]c1ncc(Nc2cc3[nH]cnc3cn2)nc1C. The van der Waals surface area contributed by atoms with Gasteiger partial charge in [0.15, 0.2) is 12.0 Å². The summed E-state index contributed by atoms with van der Waals surface area (Å²) >= 11 is 0. The fourth-order valence-electron chi connectivity index (χ4n) is 1.68. The number of fused-ring (bicyclic) bond motifs is 1. The third kappa shape index (κ3) is 2.07. The number of hydrogen-bond acceptors (Lipinski definition) is 5. The highest BCUT2D eigenvalue weighted by Gasteiger charge is 2.06. The van der Waals surface area contributed by atoms with Gasteiger partial charge in [0.25, 0.3) is 5.82 Å². The minimum Gasteiger partial charge on any atom is -0.359 e. The molecule has 19 heavy (non-hydrogen) atoms. The van der Waals surface area contributed by atoms with E-state index in [1.165, 1.54) is 6.20 Å². The molecule has 3 aromatic rings. The van der Waals surface area contributed by atoms with Gasteiger partial charge >= 0.3 is 0 Å². The van der Waals surface area contributed by atoms with Crippen molar-refractivity contribution in [2.75, 3.05) is 5.32 Å². The number of hydrogen-bond donors (Lipinski definition) is 2. The molecule has 3 rings (SSSR count). The Morgan fingerprint density at radius 2 is 2.11 bits per heavy atom. The van der Waals surface area contributed by atoms with Crippen LogP contribution < -0.4 is 5.32 Å². The van der Waals surface area contributed by atoms with Crippen LogP contribution in [0, 0.1) is 13.5 Å². The molecular weight excluding hydrogens is 242 g/mol. The maximum Gasteiger partial charge on any atom is 0.291 e. The van der Waals surface area contributed by atoms with Crippen molar-refractivity contribution in [1.82, 2.24) is 24.9 Å². The molecule has 0 aliphatic rings. The van der Waals surface area contributed by atoms with Gasteiger partial charge in [-0.15, -0.1) is 4.98 Å². The van der Waals surface area contributed by atoms with Gasteiger partial charge in [0, 0.05) is 6.07 Å². The van der Waals surface area contributed by atoms with E-state index in [1.807, 2.05) is 6.07 Å². The molecule has 92 valence electrons. The van der Waals surface area contributed by atoms with Crippen LogP contribution in [0.4, 0.5) is 17.5 Å². The van der Waals surface area contributed by atoms with E-state index >= 15 is 0 Å². The molecule has 7 nitrogen and oxygen atoms in total. The normalized spacial score (nSPS) is 10.3. The first kappa shape index (κ1) is 11.1. The first-order chi connectivity index (χ1) is 9.26. The van der Waals surface area contributed by atoms with Crippen LogP contribution in [-0.2, 0) is 0 Å². The van der Waals surface area contributed by atoms with E-state index in [2.05, 4.69) is 35.1 Å². The van der Waals surface area contributed by atoms with Crippen LogP contribution in [0.5, 0.6) is 0 Å². The molecular formula is C12H9N7. The number of imidazole rings is 1. The van der Waals surface area contributed by atoms with Gasteiger partial charge in [0.05, 0.1) is 23.7 Å². The number of aryl methyl sites for hydroxylation is 1. The van der Waals surface area contributed by atoms with Gasteiger partial charge in [-0.3, -0.25) is 0 Å². The molecule has 3 heterocycles. The van der Waals surface area contributed by atoms with Gasteiger partial charge in [-0.05, 0) is 6.92 Å². The second-order valence-electron chi connectivity index (χ2n) is 3.89. The number of anilines is 2. The molecule has 0 aromatic carbocycles. The lowest BCUT2D eigenvalue weighted by Crippen LogP contribution is -1.98. The van der Waals surface area contributed by atoms with Gasteiger partial charge in [0.1, 0.15) is 11.3 Å². The van der Waals surface area contributed by atoms with Gasteiger partial charge in [-0.25, -0.2) is 15.0 Å². The van der Waals surface area contributed by atoms with Gasteiger partial charge in [-0.1, -0.05) is 6.57 Å². The van der Waals surface area contributed by atoms with Gasteiger partial charge in [-0.2, -0.15) is 0 Å². The first-order valence-electron chi connectivity index (χ1n) is 5.53. The summed E-state index contributed by atoms with van der Waals surface area (Å²) in [6, 6.07) is 1.84. The molecule has 0 atom stereocenters. The van der Waals surface area contributed by atoms with E-state index in [0.29, 0.717) is 23.1 Å². The Balaban J connectivity index is 1.92. The zero-order valence-electron chi connectivity index (χ0n) is 10.0. The Bertz CT molecular complexity index is 784. The molecule has 0 spiro atoms. The molecule has 0 amide bonds. The average molecular weight is 251 g/mol. The Morgan fingerprint density at radius 3 is 2.89 bits per heavy atom. The maximum atomic E-state index is 6.93. The molecule has 0 saturated carbocycles. The Hall–Kier alpha value is -3.01. The summed E-state index contributed by atoms with van der Waals surface area (Å²) in [6.45, 7) is 8.67. The van der Waals surface area contributed by atoms with Crippen molar-refractivity contribution in [2.24, 2.45) is 0 Å². The van der Waals surface area contributed by atoms with Crippen molar-refractivity contribution in [3.05, 3.63) is 41.9 Å². The Kier molecular flexibility index (Phi) is 2.54. The topological polar surface area (TPSA) is 83.7 Å². The van der Waals surface area contributed by atoms with Crippen LogP contribution in [0.3, 0.4) is 0 Å². The minimum atomic E-state index is 0.308. The number of H-pyrrole nitrogens is 1. The van der Waals surface area contributed by atoms with Crippen molar-refractivity contribution in [1.29, 1.82) is 0 Å². The van der Waals surface area contributed by atoms with E-state index in [4.69, 9.17) is 6.57 Å². The lowest BCUT2D eigenvalue weighted by molar-refractivity contribution is 1.13. The summed E-state index contributed by atoms with van der Waals surface area (Å²) in [5.41, 5.74) is 2.28. The van der Waals surface area contributed by atoms with Crippen LogP contribution in [0.1, 0.15) is 5.69 Å². The van der Waals surface area contributed by atoms with Crippen molar-refractivity contribution in [3.63, 3.8) is 0 Å². The molecule has 0 unspecified atom stereocenters. The lowest BCUT2D eigenvalue weighted by Gasteiger charge is -2.04. The smallest absolute Gasteiger partial charge is 0.291 e. The number of aromatic nitrogens is 5. The van der Waals surface area contributed by atoms with Crippen LogP contribution in [-0.4, -0.2) is 24.9 Å². The number of aromatic amines is 1. The first-order valence-corrected chi connectivity index (χ1v) is 5.53. The zero-order valence-corrected chi connectivity index (χ0v) is 10.0. The van der Waals surface area contributed by atoms with Crippen LogP contribution in [0.2, 0.25) is 0 Å². The highest BCUT2D eigenvalue weighted by molar-refractivity contribution is 5.77. The molecule has 0 aliphatic heterocycles. The van der Waals surface area contributed by atoms with Crippen LogP contribution >= 0.6 is 0 Å². The largest absolute Gasteiger partial charge is 0.359 e. The third-order valence-electron chi connectivity index (χ3n) is 2.59. The molecule has 7 heteroatoms. The van der Waals surface area contributed by atoms with Crippen molar-refractivity contribution in [2.45, 2.75) is 6.92 Å². The lowest BCUT2D eigenvalue weighted by atomic mass is 10.4. The van der Waals surface area contributed by atoms with Gasteiger partial charge < -0.3 is 15.1 Å². The maximum absolute atomic E-state index is 6.93. The van der Waals surface area contributed by atoms with Crippen molar-refractivity contribution in [3.8, 4) is 0 Å². The molecule has 0 fully saturated rings. The quantitative estimate of drug-likeness (QED) is 0.683. The summed E-state index contributed by atoms with van der Waals surface area (Å²) in [7, 11) is 0. The standard InChI is InChI=1S/C12H9N7/c1-7-12(13-2)15-5-11(18-7)19-10-3-8-9(4-14-10)17-6-16-8/h3-6H,1H3,(H,16,17)(H,14,18,19). The molecule has 0 radical (unpaired) electrons. The summed E-state index contributed by atoms with van der Waals surface area (Å²) < 4.78 is 0. The predicted octanol–water partition coefficient (Wildman–Crippen LogP) is 2.35. The van der Waals surface area contributed by atoms with E-state index in [-0.39, 0.29) is 0 Å². The summed E-state index contributed by atoms with van der Waals surface area (Å²) in [5.74, 6) is 1.50. The Morgan fingerprint density at radius 1 is 1.21 bits per heavy atom. The minimum absolute atomic E-state index is 0.308. The highest BCUT2D eigenvalue weighted by atomic mass is 15.1. The number of nitrogens with zero attached hydrogens (tertiary/aromatic N) is 5. The number of nitrogens with one attached hydrogen (secondary N) is 2. The second-order valence-corrected chi connectivity index (χ2v) is 3.89. The van der Waals surface area contributed by atoms with Crippen molar-refractivity contribution < 1.29 is 0 Å². The fourth-order valence-corrected chi connectivity index (χ4v) is 1.68. The summed E-state index contributed by atoms with van der Waals surface area (Å²) in [5, 5.41) is 3.04. The molecule has 0 saturated heterocycles. The van der Waals surface area contributed by atoms with Crippen molar-refractivity contribution >= 4 is 28.5 Å². The zero-order chi connectivity index (χ0) is 13.2. The fraction of sp³-hybridized carbons (Fsp3) is 0.0833. The molecule has 0 bridgehead atoms. The third-order valence-corrected chi connectivity index (χ3v) is 2.59. The number of rotatable bonds is 2. The van der Waals surface area contributed by atoms with E-state index in [0.717, 1.165) is 11.0 Å². The van der Waals surface area contributed by atoms with E-state index in [9.17, 15) is 0 Å². The average Bonchev–Trinajstić information content (AvgIpc) is 2.86. The summed E-state index contributed by atoms with van der Waals surface area (Å²) in [4.78, 5) is 22.9. The van der Waals surface area contributed by atoms with E-state index in [1.54, 1.807) is 19.4 Å². The van der Waals surface area contributed by atoms with Gasteiger partial charge in [0.2, 0.25) is 0 Å². The number of pyridine rings is 1. The highest BCUT2D eigenvalue weighted by Crippen LogP contribution is 2.19. The van der Waals surface area contributed by atoms with Crippen LogP contribution in [0.25, 0.3) is 15.9 Å². The predicted molar refractivity (Wildman–Crippen MR) is 70.2 cm³/mol. The molecule has 3 aromatic heterocycles. The molecule has 2 N–H and O–H groups in total. The second kappa shape index (κ2) is 4.34. The monoisotopic (exact) mass is 251 g/mol. The van der Waals surface area contributed by atoms with E-state index < -0.39 is 0 Å².